The first kappa shape index (κ1) is 14.3. The predicted octanol–water partition coefficient (Wildman–Crippen LogP) is 3.26. The summed E-state index contributed by atoms with van der Waals surface area (Å²) in [5.41, 5.74) is 6.88. The van der Waals surface area contributed by atoms with Crippen molar-refractivity contribution in [2.45, 2.75) is 71.9 Å². The number of hydrogen-bond donors (Lipinski definition) is 1. The minimum absolute atomic E-state index is 0.437. The average molecular weight is 252 g/mol. The SMILES string of the molecule is CC(C)C1CCCN1CC1CC(C)(C)CCC1N. The zero-order chi connectivity index (χ0) is 13.3. The monoisotopic (exact) mass is 252 g/mol. The summed E-state index contributed by atoms with van der Waals surface area (Å²) in [5.74, 6) is 1.51. The van der Waals surface area contributed by atoms with Crippen molar-refractivity contribution in [3.8, 4) is 0 Å². The molecule has 18 heavy (non-hydrogen) atoms. The summed E-state index contributed by atoms with van der Waals surface area (Å²) < 4.78 is 0. The number of likely N-dealkylation sites (tertiary alicyclic amines) is 1. The van der Waals surface area contributed by atoms with E-state index >= 15 is 0 Å². The highest BCUT2D eigenvalue weighted by Crippen LogP contribution is 2.39. The van der Waals surface area contributed by atoms with E-state index in [0.29, 0.717) is 17.4 Å². The second kappa shape index (κ2) is 5.50. The zero-order valence-electron chi connectivity index (χ0n) is 12.8. The van der Waals surface area contributed by atoms with Gasteiger partial charge in [0.1, 0.15) is 0 Å². The van der Waals surface area contributed by atoms with E-state index in [-0.39, 0.29) is 0 Å². The Labute approximate surface area is 113 Å². The second-order valence-corrected chi connectivity index (χ2v) is 7.78. The van der Waals surface area contributed by atoms with Gasteiger partial charge < -0.3 is 5.73 Å². The predicted molar refractivity (Wildman–Crippen MR) is 78.5 cm³/mol. The van der Waals surface area contributed by atoms with Gasteiger partial charge in [0.25, 0.3) is 0 Å². The molecule has 0 aromatic heterocycles. The summed E-state index contributed by atoms with van der Waals surface area (Å²) >= 11 is 0. The molecule has 0 aromatic carbocycles. The van der Waals surface area contributed by atoms with Gasteiger partial charge in [0.05, 0.1) is 0 Å². The summed E-state index contributed by atoms with van der Waals surface area (Å²) in [6.45, 7) is 12.1. The molecule has 0 amide bonds. The highest BCUT2D eigenvalue weighted by atomic mass is 15.2. The van der Waals surface area contributed by atoms with Crippen molar-refractivity contribution in [1.82, 2.24) is 4.90 Å². The van der Waals surface area contributed by atoms with Crippen molar-refractivity contribution < 1.29 is 0 Å². The van der Waals surface area contributed by atoms with Crippen LogP contribution in [-0.2, 0) is 0 Å². The van der Waals surface area contributed by atoms with Gasteiger partial charge >= 0.3 is 0 Å². The van der Waals surface area contributed by atoms with Crippen molar-refractivity contribution in [1.29, 1.82) is 0 Å². The third kappa shape index (κ3) is 3.27. The van der Waals surface area contributed by atoms with Gasteiger partial charge in [-0.1, -0.05) is 27.7 Å². The maximum Gasteiger partial charge on any atom is 0.0119 e. The number of rotatable bonds is 3. The lowest BCUT2D eigenvalue weighted by molar-refractivity contribution is 0.0988. The molecule has 2 N–H and O–H groups in total. The third-order valence-corrected chi connectivity index (χ3v) is 5.23. The number of nitrogens with two attached hydrogens (primary N) is 1. The molecule has 2 aliphatic rings. The van der Waals surface area contributed by atoms with Crippen LogP contribution in [0.15, 0.2) is 0 Å². The van der Waals surface area contributed by atoms with E-state index in [1.807, 2.05) is 0 Å². The lowest BCUT2D eigenvalue weighted by Gasteiger charge is -2.42. The maximum absolute atomic E-state index is 6.37. The molecule has 2 fully saturated rings. The number of nitrogens with zero attached hydrogens (tertiary/aromatic N) is 1. The molecule has 1 saturated heterocycles. The first-order chi connectivity index (χ1) is 8.39. The summed E-state index contributed by atoms with van der Waals surface area (Å²) in [4.78, 5) is 2.73. The summed E-state index contributed by atoms with van der Waals surface area (Å²) in [6.07, 6.45) is 6.61. The van der Waals surface area contributed by atoms with Gasteiger partial charge in [0.15, 0.2) is 0 Å². The van der Waals surface area contributed by atoms with E-state index in [4.69, 9.17) is 5.73 Å². The Bertz CT molecular complexity index is 272. The summed E-state index contributed by atoms with van der Waals surface area (Å²) in [7, 11) is 0. The molecule has 1 aliphatic heterocycles. The molecule has 3 atom stereocenters. The Morgan fingerprint density at radius 3 is 2.67 bits per heavy atom. The van der Waals surface area contributed by atoms with Crippen molar-refractivity contribution in [3.63, 3.8) is 0 Å². The van der Waals surface area contributed by atoms with Gasteiger partial charge in [0, 0.05) is 18.6 Å². The van der Waals surface area contributed by atoms with Gasteiger partial charge in [-0.25, -0.2) is 0 Å². The molecule has 2 nitrogen and oxygen atoms in total. The maximum atomic E-state index is 6.37. The quantitative estimate of drug-likeness (QED) is 0.835. The van der Waals surface area contributed by atoms with Crippen molar-refractivity contribution in [2.24, 2.45) is 23.0 Å². The minimum atomic E-state index is 0.437. The first-order valence-electron chi connectivity index (χ1n) is 7.89. The molecule has 106 valence electrons. The highest BCUT2D eigenvalue weighted by molar-refractivity contribution is 4.91. The van der Waals surface area contributed by atoms with Crippen LogP contribution in [0.25, 0.3) is 0 Å². The fourth-order valence-corrected chi connectivity index (χ4v) is 4.09. The molecule has 1 aliphatic carbocycles. The molecule has 1 heterocycles. The molecule has 2 rings (SSSR count). The Morgan fingerprint density at radius 1 is 1.28 bits per heavy atom. The second-order valence-electron chi connectivity index (χ2n) is 7.78. The third-order valence-electron chi connectivity index (χ3n) is 5.23. The van der Waals surface area contributed by atoms with E-state index in [1.165, 1.54) is 45.2 Å². The van der Waals surface area contributed by atoms with Crippen molar-refractivity contribution in [3.05, 3.63) is 0 Å². The lowest BCUT2D eigenvalue weighted by atomic mass is 9.70. The Hall–Kier alpha value is -0.0800. The van der Waals surface area contributed by atoms with Crippen LogP contribution in [-0.4, -0.2) is 30.1 Å². The van der Waals surface area contributed by atoms with Gasteiger partial charge in [-0.2, -0.15) is 0 Å². The Kier molecular flexibility index (Phi) is 4.38. The highest BCUT2D eigenvalue weighted by Gasteiger charge is 2.36. The van der Waals surface area contributed by atoms with Gasteiger partial charge in [-0.05, 0) is 55.9 Å². The molecule has 0 spiro atoms. The van der Waals surface area contributed by atoms with E-state index in [9.17, 15) is 0 Å². The fraction of sp³-hybridized carbons (Fsp3) is 1.00. The van der Waals surface area contributed by atoms with E-state index < -0.39 is 0 Å². The van der Waals surface area contributed by atoms with Gasteiger partial charge in [0.2, 0.25) is 0 Å². The van der Waals surface area contributed by atoms with Crippen molar-refractivity contribution >= 4 is 0 Å². The van der Waals surface area contributed by atoms with Crippen LogP contribution in [0.5, 0.6) is 0 Å². The lowest BCUT2D eigenvalue weighted by Crippen LogP contribution is -2.47. The molecular weight excluding hydrogens is 220 g/mol. The van der Waals surface area contributed by atoms with Crippen LogP contribution in [0.1, 0.15) is 59.8 Å². The Morgan fingerprint density at radius 2 is 2.00 bits per heavy atom. The smallest absolute Gasteiger partial charge is 0.0119 e. The van der Waals surface area contributed by atoms with Crippen LogP contribution < -0.4 is 5.73 Å². The first-order valence-corrected chi connectivity index (χ1v) is 7.89. The standard InChI is InChI=1S/C16H32N2/c1-12(2)15-6-5-9-18(15)11-13-10-16(3,4)8-7-14(13)17/h12-15H,5-11,17H2,1-4H3. The summed E-state index contributed by atoms with van der Waals surface area (Å²) in [6, 6.07) is 1.24. The molecule has 0 radical (unpaired) electrons. The normalized spacial score (nSPS) is 37.3. The largest absolute Gasteiger partial charge is 0.327 e. The van der Waals surface area contributed by atoms with Crippen molar-refractivity contribution in [2.75, 3.05) is 13.1 Å². The van der Waals surface area contributed by atoms with E-state index in [2.05, 4.69) is 32.6 Å². The molecule has 1 saturated carbocycles. The molecular formula is C16H32N2. The zero-order valence-corrected chi connectivity index (χ0v) is 12.8. The topological polar surface area (TPSA) is 29.3 Å². The molecule has 0 bridgehead atoms. The minimum Gasteiger partial charge on any atom is -0.327 e. The van der Waals surface area contributed by atoms with Crippen LogP contribution >= 0.6 is 0 Å². The average Bonchev–Trinajstić information content (AvgIpc) is 2.71. The molecule has 0 aromatic rings. The van der Waals surface area contributed by atoms with E-state index in [0.717, 1.165) is 12.0 Å². The van der Waals surface area contributed by atoms with Crippen LogP contribution in [0.4, 0.5) is 0 Å². The van der Waals surface area contributed by atoms with E-state index in [1.54, 1.807) is 0 Å². The Balaban J connectivity index is 1.95. The van der Waals surface area contributed by atoms with Crippen LogP contribution in [0.2, 0.25) is 0 Å². The van der Waals surface area contributed by atoms with Gasteiger partial charge in [-0.3, -0.25) is 4.90 Å². The van der Waals surface area contributed by atoms with Gasteiger partial charge in [-0.15, -0.1) is 0 Å². The number of hydrogen-bond acceptors (Lipinski definition) is 2. The molecule has 2 heteroatoms. The molecule has 3 unspecified atom stereocenters. The van der Waals surface area contributed by atoms with Crippen LogP contribution in [0, 0.1) is 17.3 Å². The summed E-state index contributed by atoms with van der Waals surface area (Å²) in [5, 5.41) is 0. The van der Waals surface area contributed by atoms with Crippen LogP contribution in [0.3, 0.4) is 0 Å². The fourth-order valence-electron chi connectivity index (χ4n) is 4.09.